The molecule has 0 aromatic heterocycles. The number of Topliss-reactive ketones (excluding diaryl/α,β-unsaturated/α-hetero) is 1. The van der Waals surface area contributed by atoms with Crippen molar-refractivity contribution in [2.75, 3.05) is 24.6 Å². The van der Waals surface area contributed by atoms with E-state index in [0.717, 1.165) is 25.8 Å². The van der Waals surface area contributed by atoms with Crippen molar-refractivity contribution in [1.29, 1.82) is 0 Å². The maximum absolute atomic E-state index is 12.2. The Morgan fingerprint density at radius 3 is 2.59 bits per heavy atom. The molecule has 1 aliphatic rings. The van der Waals surface area contributed by atoms with Gasteiger partial charge in [-0.2, -0.15) is 0 Å². The van der Waals surface area contributed by atoms with Crippen LogP contribution in [-0.2, 0) is 4.79 Å². The fourth-order valence-electron chi connectivity index (χ4n) is 2.60. The van der Waals surface area contributed by atoms with Gasteiger partial charge in [0.2, 0.25) is 5.91 Å². The highest BCUT2D eigenvalue weighted by Crippen LogP contribution is 2.18. The summed E-state index contributed by atoms with van der Waals surface area (Å²) in [6, 6.07) is 9.37. The fourth-order valence-corrected chi connectivity index (χ4v) is 3.39. The summed E-state index contributed by atoms with van der Waals surface area (Å²) in [6.45, 7) is 1.33. The third kappa shape index (κ3) is 5.30. The fraction of sp³-hybridized carbons (Fsp3) is 0.500. The van der Waals surface area contributed by atoms with Crippen LogP contribution in [-0.4, -0.2) is 47.2 Å². The molecule has 1 unspecified atom stereocenters. The Bertz CT molecular complexity index is 484. The van der Waals surface area contributed by atoms with Crippen LogP contribution in [0.3, 0.4) is 0 Å². The monoisotopic (exact) mass is 342 g/mol. The number of ketones is 1. The van der Waals surface area contributed by atoms with E-state index in [-0.39, 0.29) is 30.1 Å². The number of amides is 1. The first-order valence-corrected chi connectivity index (χ1v) is 8.53. The van der Waals surface area contributed by atoms with Gasteiger partial charge in [-0.15, -0.1) is 24.2 Å². The molecule has 1 aromatic rings. The minimum Gasteiger partial charge on any atom is -0.338 e. The van der Waals surface area contributed by atoms with Crippen molar-refractivity contribution >= 4 is 35.9 Å². The lowest BCUT2D eigenvalue weighted by Gasteiger charge is -2.35. The Hall–Kier alpha value is -1.04. The third-order valence-electron chi connectivity index (χ3n) is 3.77. The molecule has 0 aliphatic carbocycles. The number of benzene rings is 1. The molecule has 0 radical (unpaired) electrons. The topological polar surface area (TPSA) is 63.4 Å². The lowest BCUT2D eigenvalue weighted by molar-refractivity contribution is -0.131. The van der Waals surface area contributed by atoms with Gasteiger partial charge >= 0.3 is 0 Å². The van der Waals surface area contributed by atoms with Gasteiger partial charge in [0, 0.05) is 24.7 Å². The van der Waals surface area contributed by atoms with Crippen LogP contribution in [0.1, 0.15) is 29.6 Å². The molecule has 0 saturated carbocycles. The van der Waals surface area contributed by atoms with Crippen molar-refractivity contribution in [1.82, 2.24) is 4.90 Å². The molecular formula is C16H23ClN2O2S. The number of halogens is 1. The molecule has 1 heterocycles. The standard InChI is InChI=1S/C16H22N2O2S.ClH/c17-10-14-8-4-5-9-18(14)16(20)12-21-11-15(19)13-6-2-1-3-7-13;/h1-3,6-7,14H,4-5,8-12,17H2;1H. The van der Waals surface area contributed by atoms with Crippen molar-refractivity contribution in [2.24, 2.45) is 5.73 Å². The van der Waals surface area contributed by atoms with Crippen LogP contribution in [0.4, 0.5) is 0 Å². The second-order valence-corrected chi connectivity index (χ2v) is 6.24. The number of carbonyl (C=O) groups is 2. The molecule has 6 heteroatoms. The number of likely N-dealkylation sites (tertiary alicyclic amines) is 1. The van der Waals surface area contributed by atoms with Gasteiger partial charge in [0.25, 0.3) is 0 Å². The average Bonchev–Trinajstić information content (AvgIpc) is 2.55. The minimum atomic E-state index is 0. The van der Waals surface area contributed by atoms with Gasteiger partial charge in [0.05, 0.1) is 11.5 Å². The number of hydrogen-bond acceptors (Lipinski definition) is 4. The van der Waals surface area contributed by atoms with E-state index in [4.69, 9.17) is 5.73 Å². The van der Waals surface area contributed by atoms with E-state index in [0.29, 0.717) is 23.6 Å². The molecule has 122 valence electrons. The number of nitrogens with zero attached hydrogens (tertiary/aromatic N) is 1. The van der Waals surface area contributed by atoms with Gasteiger partial charge in [0.15, 0.2) is 5.78 Å². The van der Waals surface area contributed by atoms with Crippen LogP contribution in [0.5, 0.6) is 0 Å². The molecule has 1 amide bonds. The summed E-state index contributed by atoms with van der Waals surface area (Å²) in [6.07, 6.45) is 3.19. The van der Waals surface area contributed by atoms with E-state index >= 15 is 0 Å². The quantitative estimate of drug-likeness (QED) is 0.806. The van der Waals surface area contributed by atoms with Crippen molar-refractivity contribution in [3.8, 4) is 0 Å². The number of hydrogen-bond donors (Lipinski definition) is 1. The molecule has 22 heavy (non-hydrogen) atoms. The minimum absolute atomic E-state index is 0. The zero-order chi connectivity index (χ0) is 15.1. The normalized spacial score (nSPS) is 17.7. The molecule has 2 N–H and O–H groups in total. The van der Waals surface area contributed by atoms with Gasteiger partial charge < -0.3 is 10.6 Å². The smallest absolute Gasteiger partial charge is 0.232 e. The summed E-state index contributed by atoms with van der Waals surface area (Å²) in [4.78, 5) is 26.1. The highest BCUT2D eigenvalue weighted by atomic mass is 35.5. The van der Waals surface area contributed by atoms with Crippen molar-refractivity contribution in [3.05, 3.63) is 35.9 Å². The van der Waals surface area contributed by atoms with Gasteiger partial charge in [-0.1, -0.05) is 30.3 Å². The molecule has 1 aromatic carbocycles. The summed E-state index contributed by atoms with van der Waals surface area (Å²) in [5, 5.41) is 0. The zero-order valence-corrected chi connectivity index (χ0v) is 14.2. The zero-order valence-electron chi connectivity index (χ0n) is 12.6. The van der Waals surface area contributed by atoms with E-state index in [1.54, 1.807) is 12.1 Å². The van der Waals surface area contributed by atoms with Gasteiger partial charge in [-0.25, -0.2) is 0 Å². The Morgan fingerprint density at radius 2 is 1.91 bits per heavy atom. The maximum Gasteiger partial charge on any atom is 0.232 e. The summed E-state index contributed by atoms with van der Waals surface area (Å²) in [5.74, 6) is 0.879. The van der Waals surface area contributed by atoms with E-state index in [1.807, 2.05) is 23.1 Å². The second-order valence-electron chi connectivity index (χ2n) is 5.25. The van der Waals surface area contributed by atoms with Gasteiger partial charge in [0.1, 0.15) is 0 Å². The Labute approximate surface area is 142 Å². The van der Waals surface area contributed by atoms with Crippen LogP contribution >= 0.6 is 24.2 Å². The molecule has 1 saturated heterocycles. The van der Waals surface area contributed by atoms with Crippen LogP contribution in [0.25, 0.3) is 0 Å². The maximum atomic E-state index is 12.2. The van der Waals surface area contributed by atoms with Gasteiger partial charge in [-0.3, -0.25) is 9.59 Å². The molecule has 1 atom stereocenters. The van der Waals surface area contributed by atoms with E-state index < -0.39 is 0 Å². The molecule has 1 fully saturated rings. The lowest BCUT2D eigenvalue weighted by atomic mass is 10.0. The van der Waals surface area contributed by atoms with E-state index in [1.165, 1.54) is 11.8 Å². The molecule has 2 rings (SSSR count). The Kier molecular flexibility index (Phi) is 8.53. The van der Waals surface area contributed by atoms with Crippen LogP contribution < -0.4 is 5.73 Å². The molecule has 0 bridgehead atoms. The summed E-state index contributed by atoms with van der Waals surface area (Å²) in [7, 11) is 0. The van der Waals surface area contributed by atoms with Gasteiger partial charge in [-0.05, 0) is 19.3 Å². The molecule has 4 nitrogen and oxygen atoms in total. The van der Waals surface area contributed by atoms with Crippen LogP contribution in [0.2, 0.25) is 0 Å². The van der Waals surface area contributed by atoms with Crippen molar-refractivity contribution in [3.63, 3.8) is 0 Å². The van der Waals surface area contributed by atoms with Crippen LogP contribution in [0.15, 0.2) is 30.3 Å². The van der Waals surface area contributed by atoms with E-state index in [2.05, 4.69) is 0 Å². The van der Waals surface area contributed by atoms with Crippen molar-refractivity contribution in [2.45, 2.75) is 25.3 Å². The first-order valence-electron chi connectivity index (χ1n) is 7.38. The van der Waals surface area contributed by atoms with E-state index in [9.17, 15) is 9.59 Å². The number of carbonyl (C=O) groups excluding carboxylic acids is 2. The Balaban J connectivity index is 0.00000242. The SMILES string of the molecule is Cl.NCC1CCCCN1C(=O)CSCC(=O)c1ccccc1. The predicted octanol–water partition coefficient (Wildman–Crippen LogP) is 2.36. The number of rotatable bonds is 6. The second kappa shape index (κ2) is 9.87. The largest absolute Gasteiger partial charge is 0.338 e. The molecule has 0 spiro atoms. The summed E-state index contributed by atoms with van der Waals surface area (Å²) >= 11 is 1.39. The lowest BCUT2D eigenvalue weighted by Crippen LogP contribution is -2.48. The highest BCUT2D eigenvalue weighted by molar-refractivity contribution is 8.00. The number of piperidine rings is 1. The summed E-state index contributed by atoms with van der Waals surface area (Å²) < 4.78 is 0. The average molecular weight is 343 g/mol. The summed E-state index contributed by atoms with van der Waals surface area (Å²) in [5.41, 5.74) is 6.43. The molecule has 1 aliphatic heterocycles. The number of thioether (sulfide) groups is 1. The first-order chi connectivity index (χ1) is 10.2. The Morgan fingerprint density at radius 1 is 1.18 bits per heavy atom. The predicted molar refractivity (Wildman–Crippen MR) is 93.8 cm³/mol. The van der Waals surface area contributed by atoms with Crippen molar-refractivity contribution < 1.29 is 9.59 Å². The van der Waals surface area contributed by atoms with Crippen LogP contribution in [0, 0.1) is 0 Å². The molecular weight excluding hydrogens is 320 g/mol. The number of nitrogens with two attached hydrogens (primary N) is 1. The third-order valence-corrected chi connectivity index (χ3v) is 4.69. The first kappa shape index (κ1) is 19.0. The highest BCUT2D eigenvalue weighted by Gasteiger charge is 2.25.